The fourth-order valence-electron chi connectivity index (χ4n) is 1.76. The third-order valence-electron chi connectivity index (χ3n) is 3.11. The van der Waals surface area contributed by atoms with Gasteiger partial charge in [-0.2, -0.15) is 0 Å². The van der Waals surface area contributed by atoms with Crippen molar-refractivity contribution >= 4 is 11.9 Å². The molecular formula is C15H21NO6. The van der Waals surface area contributed by atoms with E-state index >= 15 is 0 Å². The Morgan fingerprint density at radius 3 is 2.27 bits per heavy atom. The van der Waals surface area contributed by atoms with Gasteiger partial charge in [0.15, 0.2) is 11.5 Å². The molecule has 0 bridgehead atoms. The van der Waals surface area contributed by atoms with Gasteiger partial charge in [-0.25, -0.2) is 0 Å². The second kappa shape index (κ2) is 7.65. The molecule has 7 nitrogen and oxygen atoms in total. The number of esters is 2. The van der Waals surface area contributed by atoms with E-state index in [1.165, 1.54) is 19.1 Å². The van der Waals surface area contributed by atoms with Crippen LogP contribution in [0.1, 0.15) is 26.3 Å². The molecule has 0 fully saturated rings. The van der Waals surface area contributed by atoms with Gasteiger partial charge in [0.25, 0.3) is 0 Å². The average Bonchev–Trinajstić information content (AvgIpc) is 2.41. The Hall–Kier alpha value is -2.28. The van der Waals surface area contributed by atoms with Gasteiger partial charge in [-0.15, -0.1) is 0 Å². The Morgan fingerprint density at radius 1 is 1.14 bits per heavy atom. The topological polar surface area (TPSA) is 119 Å². The average molecular weight is 311 g/mol. The number of benzene rings is 1. The van der Waals surface area contributed by atoms with E-state index in [1.54, 1.807) is 19.9 Å². The fourth-order valence-corrected chi connectivity index (χ4v) is 1.76. The van der Waals surface area contributed by atoms with Gasteiger partial charge < -0.3 is 25.4 Å². The molecule has 3 atom stereocenters. The Labute approximate surface area is 128 Å². The van der Waals surface area contributed by atoms with Crippen LogP contribution in [-0.4, -0.2) is 40.4 Å². The zero-order valence-electron chi connectivity index (χ0n) is 12.8. The van der Waals surface area contributed by atoms with Crippen molar-refractivity contribution in [1.29, 1.82) is 0 Å². The highest BCUT2D eigenvalue weighted by atomic mass is 16.6. The van der Waals surface area contributed by atoms with Gasteiger partial charge in [-0.05, 0) is 38.0 Å². The number of carbonyl (C=O) groups is 2. The molecule has 0 saturated heterocycles. The maximum atomic E-state index is 11.9. The molecule has 0 aliphatic carbocycles. The maximum Gasteiger partial charge on any atom is 0.323 e. The van der Waals surface area contributed by atoms with E-state index in [2.05, 4.69) is 0 Å². The molecule has 0 saturated carbocycles. The summed E-state index contributed by atoms with van der Waals surface area (Å²) in [7, 11) is 0. The van der Waals surface area contributed by atoms with Crippen LogP contribution in [0, 0.1) is 0 Å². The van der Waals surface area contributed by atoms with Crippen molar-refractivity contribution in [3.8, 4) is 11.5 Å². The highest BCUT2D eigenvalue weighted by Crippen LogP contribution is 2.25. The minimum absolute atomic E-state index is 0.140. The van der Waals surface area contributed by atoms with Crippen LogP contribution in [0.3, 0.4) is 0 Å². The summed E-state index contributed by atoms with van der Waals surface area (Å²) < 4.78 is 10.1. The fraction of sp³-hybridized carbons (Fsp3) is 0.467. The van der Waals surface area contributed by atoms with Gasteiger partial charge in [0.2, 0.25) is 0 Å². The first-order chi connectivity index (χ1) is 10.2. The van der Waals surface area contributed by atoms with E-state index in [0.717, 1.165) is 0 Å². The smallest absolute Gasteiger partial charge is 0.323 e. The van der Waals surface area contributed by atoms with E-state index in [4.69, 9.17) is 15.2 Å². The zero-order chi connectivity index (χ0) is 16.9. The molecule has 7 heteroatoms. The summed E-state index contributed by atoms with van der Waals surface area (Å²) in [5.74, 6) is -1.63. The molecule has 22 heavy (non-hydrogen) atoms. The number of hydrogen-bond donors (Lipinski definition) is 3. The van der Waals surface area contributed by atoms with Crippen molar-refractivity contribution in [3.63, 3.8) is 0 Å². The first kappa shape index (κ1) is 17.8. The van der Waals surface area contributed by atoms with E-state index in [-0.39, 0.29) is 17.9 Å². The number of ether oxygens (including phenoxy) is 2. The van der Waals surface area contributed by atoms with Crippen molar-refractivity contribution in [1.82, 2.24) is 0 Å². The number of phenolic OH excluding ortho intramolecular Hbond substituents is 2. The number of nitrogens with two attached hydrogens (primary N) is 1. The molecule has 122 valence electrons. The Balaban J connectivity index is 2.57. The third kappa shape index (κ3) is 5.25. The second-order valence-electron chi connectivity index (χ2n) is 5.09. The molecule has 1 aromatic carbocycles. The monoisotopic (exact) mass is 311 g/mol. The van der Waals surface area contributed by atoms with Gasteiger partial charge in [0.1, 0.15) is 18.2 Å². The van der Waals surface area contributed by atoms with E-state index < -0.39 is 30.2 Å². The van der Waals surface area contributed by atoms with Gasteiger partial charge in [0.05, 0.1) is 0 Å². The predicted molar refractivity (Wildman–Crippen MR) is 78.2 cm³/mol. The molecule has 1 aromatic rings. The zero-order valence-corrected chi connectivity index (χ0v) is 12.8. The van der Waals surface area contributed by atoms with Crippen LogP contribution in [0.25, 0.3) is 0 Å². The molecule has 4 N–H and O–H groups in total. The first-order valence-corrected chi connectivity index (χ1v) is 6.84. The summed E-state index contributed by atoms with van der Waals surface area (Å²) in [5, 5.41) is 18.6. The van der Waals surface area contributed by atoms with Gasteiger partial charge in [-0.1, -0.05) is 6.07 Å². The number of rotatable bonds is 6. The summed E-state index contributed by atoms with van der Waals surface area (Å²) in [4.78, 5) is 22.7. The van der Waals surface area contributed by atoms with Crippen LogP contribution in [0.15, 0.2) is 18.2 Å². The Bertz CT molecular complexity index is 545. The van der Waals surface area contributed by atoms with Crippen LogP contribution < -0.4 is 5.73 Å². The number of phenols is 2. The molecular weight excluding hydrogens is 290 g/mol. The molecule has 1 unspecified atom stereocenters. The summed E-state index contributed by atoms with van der Waals surface area (Å²) in [6.45, 7) is 4.49. The van der Waals surface area contributed by atoms with Crippen LogP contribution >= 0.6 is 0 Å². The van der Waals surface area contributed by atoms with E-state index in [0.29, 0.717) is 5.56 Å². The lowest BCUT2D eigenvalue weighted by Crippen LogP contribution is -2.39. The van der Waals surface area contributed by atoms with E-state index in [1.807, 2.05) is 0 Å². The molecule has 0 aliphatic rings. The molecule has 0 amide bonds. The maximum absolute atomic E-state index is 11.9. The normalized spacial score (nSPS) is 14.7. The van der Waals surface area contributed by atoms with Gasteiger partial charge in [-0.3, -0.25) is 9.59 Å². The van der Waals surface area contributed by atoms with Crippen molar-refractivity contribution in [3.05, 3.63) is 23.8 Å². The molecule has 0 spiro atoms. The van der Waals surface area contributed by atoms with Crippen molar-refractivity contribution in [2.75, 3.05) is 0 Å². The second-order valence-corrected chi connectivity index (χ2v) is 5.09. The molecule has 0 heterocycles. The standard InChI is InChI=1S/C15H21NO6/c1-8(21-10(3)17)9(2)22-15(20)12(16)6-11-4-5-13(18)14(19)7-11/h4-5,7-9,12,18-19H,6,16H2,1-3H3/t8?,9-,12-/m0/s1. The van der Waals surface area contributed by atoms with Crippen LogP contribution in [0.2, 0.25) is 0 Å². The van der Waals surface area contributed by atoms with Crippen LogP contribution in [0.4, 0.5) is 0 Å². The van der Waals surface area contributed by atoms with Crippen LogP contribution in [0.5, 0.6) is 11.5 Å². The molecule has 1 rings (SSSR count). The first-order valence-electron chi connectivity index (χ1n) is 6.84. The van der Waals surface area contributed by atoms with Crippen molar-refractivity contribution in [2.45, 2.75) is 45.4 Å². The number of hydrogen-bond acceptors (Lipinski definition) is 7. The van der Waals surface area contributed by atoms with Gasteiger partial charge >= 0.3 is 11.9 Å². The lowest BCUT2D eigenvalue weighted by atomic mass is 10.1. The molecule has 0 aromatic heterocycles. The van der Waals surface area contributed by atoms with Crippen molar-refractivity contribution in [2.24, 2.45) is 5.73 Å². The lowest BCUT2D eigenvalue weighted by Gasteiger charge is -2.22. The van der Waals surface area contributed by atoms with Gasteiger partial charge in [0, 0.05) is 6.92 Å². The third-order valence-corrected chi connectivity index (χ3v) is 3.11. The van der Waals surface area contributed by atoms with Crippen LogP contribution in [-0.2, 0) is 25.5 Å². The highest BCUT2D eigenvalue weighted by molar-refractivity contribution is 5.76. The molecule has 0 radical (unpaired) electrons. The predicted octanol–water partition coefficient (Wildman–Crippen LogP) is 0.851. The molecule has 0 aliphatic heterocycles. The quantitative estimate of drug-likeness (QED) is 0.526. The summed E-state index contributed by atoms with van der Waals surface area (Å²) in [6.07, 6.45) is -1.07. The summed E-state index contributed by atoms with van der Waals surface area (Å²) in [5.41, 5.74) is 6.34. The SMILES string of the molecule is CC(=O)OC(C)[C@H](C)OC(=O)[C@@H](N)Cc1ccc(O)c(O)c1. The van der Waals surface area contributed by atoms with E-state index in [9.17, 15) is 19.8 Å². The Morgan fingerprint density at radius 2 is 1.73 bits per heavy atom. The minimum atomic E-state index is -0.934. The number of aromatic hydroxyl groups is 2. The number of carbonyl (C=O) groups excluding carboxylic acids is 2. The highest BCUT2D eigenvalue weighted by Gasteiger charge is 2.23. The summed E-state index contributed by atoms with van der Waals surface area (Å²) in [6, 6.07) is 3.25. The summed E-state index contributed by atoms with van der Waals surface area (Å²) >= 11 is 0. The lowest BCUT2D eigenvalue weighted by molar-refractivity contribution is -0.164. The largest absolute Gasteiger partial charge is 0.504 e. The van der Waals surface area contributed by atoms with Crippen molar-refractivity contribution < 1.29 is 29.3 Å². The minimum Gasteiger partial charge on any atom is -0.504 e. The Kier molecular flexibility index (Phi) is 6.18.